The number of carbonyl (C=O) groups is 1. The van der Waals surface area contributed by atoms with Crippen LogP contribution in [0.4, 0.5) is 11.5 Å². The maximum absolute atomic E-state index is 12.2. The van der Waals surface area contributed by atoms with E-state index in [-0.39, 0.29) is 99.5 Å². The SMILES string of the molecule is CC(=O)O.CI.CN1[CH-]N(CC(O)CO)c2c1n(C)c(=O)n(C)c2=O.CO.CO[C-]=O.Cn1c(=O)c2c(n(C)c1=O)[n+](C)cn2CC(O)CO.Cn1c(=O)c2c(ncn2CC(O)CO)n(C)c1=O.[Ag+].[Ag+].[I-]. The van der Waals surface area contributed by atoms with E-state index in [1.165, 1.54) is 75.8 Å². The van der Waals surface area contributed by atoms with Gasteiger partial charge >= 0.3 is 67.4 Å². The Labute approximate surface area is 467 Å². The number of aliphatic carboxylic acids is 1. The van der Waals surface area contributed by atoms with Gasteiger partial charge in [0.1, 0.15) is 17.6 Å². The molecule has 33 heteroatoms. The Bertz CT molecular complexity index is 2820. The molecule has 29 nitrogen and oxygen atoms in total. The van der Waals surface area contributed by atoms with Gasteiger partial charge in [-0.15, -0.1) is 0 Å². The third kappa shape index (κ3) is 18.9. The molecule has 0 aliphatic carbocycles. The average molecular weight is 1430 g/mol. The molecule has 1 aliphatic heterocycles. The molecule has 412 valence electrons. The number of carboxylic acids is 1. The van der Waals surface area contributed by atoms with Crippen LogP contribution in [0.5, 0.6) is 0 Å². The number of ether oxygens (including phenoxy) is 1. The minimum atomic E-state index is -0.982. The van der Waals surface area contributed by atoms with Gasteiger partial charge < -0.3 is 88.7 Å². The van der Waals surface area contributed by atoms with Crippen LogP contribution in [-0.4, -0.2) is 166 Å². The Morgan fingerprint density at radius 3 is 1.54 bits per heavy atom. The van der Waals surface area contributed by atoms with Gasteiger partial charge in [0.15, 0.2) is 17.5 Å². The van der Waals surface area contributed by atoms with Gasteiger partial charge in [-0.1, -0.05) is 29.1 Å². The third-order valence-electron chi connectivity index (χ3n) is 9.24. The zero-order valence-electron chi connectivity index (χ0n) is 40.7. The summed E-state index contributed by atoms with van der Waals surface area (Å²) in [6, 6.07) is 0. The monoisotopic (exact) mass is 1430 g/mol. The molecule has 0 aromatic carbocycles. The number of aromatic nitrogens is 10. The number of aliphatic hydroxyl groups is 7. The minimum Gasteiger partial charge on any atom is -1.00 e. The second kappa shape index (κ2) is 35.4. The predicted molar refractivity (Wildman–Crippen MR) is 254 cm³/mol. The minimum absolute atomic E-state index is 0. The number of alkyl halides is 1. The smallest absolute Gasteiger partial charge is 1.00 e. The van der Waals surface area contributed by atoms with Crippen LogP contribution in [0.2, 0.25) is 0 Å². The molecule has 0 saturated carbocycles. The molecule has 1 aliphatic rings. The van der Waals surface area contributed by atoms with E-state index in [4.69, 9.17) is 35.1 Å². The number of anilines is 2. The molecular formula is C38H62Ag2I2N12O17. The number of hydrogen-bond acceptors (Lipinski definition) is 19. The first-order valence-electron chi connectivity index (χ1n) is 19.6. The van der Waals surface area contributed by atoms with Crippen molar-refractivity contribution >= 4 is 68.9 Å². The summed E-state index contributed by atoms with van der Waals surface area (Å²) in [6.45, 7) is 2.89. The Hall–Kier alpha value is -3.82. The molecule has 6 rings (SSSR count). The number of aliphatic hydroxyl groups excluding tert-OH is 7. The van der Waals surface area contributed by atoms with Crippen molar-refractivity contribution in [2.45, 2.75) is 38.3 Å². The first kappa shape index (κ1) is 73.7. The molecule has 3 atom stereocenters. The van der Waals surface area contributed by atoms with Crippen LogP contribution in [0.1, 0.15) is 6.92 Å². The maximum atomic E-state index is 12.2. The summed E-state index contributed by atoms with van der Waals surface area (Å²) in [5.41, 5.74) is -1.01. The van der Waals surface area contributed by atoms with Crippen molar-refractivity contribution in [1.29, 1.82) is 0 Å². The third-order valence-corrected chi connectivity index (χ3v) is 9.24. The van der Waals surface area contributed by atoms with Crippen molar-refractivity contribution in [3.8, 4) is 0 Å². The Morgan fingerprint density at radius 1 is 0.718 bits per heavy atom. The zero-order valence-corrected chi connectivity index (χ0v) is 48.0. The molecule has 0 spiro atoms. The predicted octanol–water partition coefficient (Wildman–Crippen LogP) is -9.73. The van der Waals surface area contributed by atoms with Crippen molar-refractivity contribution in [2.24, 2.45) is 49.3 Å². The largest absolute Gasteiger partial charge is 1.00 e. The first-order chi connectivity index (χ1) is 31.9. The van der Waals surface area contributed by atoms with Gasteiger partial charge in [0.05, 0.1) is 65.5 Å². The van der Waals surface area contributed by atoms with Crippen molar-refractivity contribution < 1.29 is 128 Å². The van der Waals surface area contributed by atoms with Crippen LogP contribution < -0.4 is 72.1 Å². The fourth-order valence-electron chi connectivity index (χ4n) is 6.25. The fourth-order valence-corrected chi connectivity index (χ4v) is 6.25. The van der Waals surface area contributed by atoms with E-state index in [0.29, 0.717) is 22.7 Å². The number of imidazole rings is 2. The first-order valence-corrected chi connectivity index (χ1v) is 21.7. The van der Waals surface area contributed by atoms with Crippen LogP contribution in [0.25, 0.3) is 22.3 Å². The number of β-amino-alcohol motifs (C(OH)–C–C–N with tert-alkyl or cyclic N) is 1. The molecule has 0 fully saturated rings. The van der Waals surface area contributed by atoms with Crippen LogP contribution in [0, 0.1) is 6.67 Å². The molecule has 0 radical (unpaired) electrons. The summed E-state index contributed by atoms with van der Waals surface area (Å²) in [4.78, 5) is 98.7. The normalized spacial score (nSPS) is 11.9. The van der Waals surface area contributed by atoms with E-state index in [2.05, 4.69) is 32.3 Å². The van der Waals surface area contributed by atoms with Crippen molar-refractivity contribution in [3.63, 3.8) is 0 Å². The van der Waals surface area contributed by atoms with Gasteiger partial charge in [0.2, 0.25) is 5.52 Å². The summed E-state index contributed by atoms with van der Waals surface area (Å²) in [6.07, 6.45) is 0.0776. The Morgan fingerprint density at radius 2 is 1.10 bits per heavy atom. The van der Waals surface area contributed by atoms with Crippen molar-refractivity contribution in [2.75, 3.05) is 62.4 Å². The number of hydrogen-bond donors (Lipinski definition) is 8. The molecule has 5 aromatic heterocycles. The number of methoxy groups -OCH3 is 1. The zero-order chi connectivity index (χ0) is 53.1. The van der Waals surface area contributed by atoms with Gasteiger partial charge in [-0.3, -0.25) is 42.0 Å². The molecule has 0 amide bonds. The van der Waals surface area contributed by atoms with Gasteiger partial charge in [-0.25, -0.2) is 33.1 Å². The van der Waals surface area contributed by atoms with E-state index >= 15 is 0 Å². The van der Waals surface area contributed by atoms with E-state index in [1.807, 2.05) is 4.93 Å². The number of aryl methyl sites for hydroxylation is 3. The van der Waals surface area contributed by atoms with E-state index < -0.39 is 77.8 Å². The number of nitrogens with zero attached hydrogens (tertiary/aromatic N) is 12. The maximum Gasteiger partial charge on any atom is 1.00 e. The summed E-state index contributed by atoms with van der Waals surface area (Å²) in [7, 11) is 14.6. The number of carbonyl (C=O) groups excluding carboxylic acids is 1. The summed E-state index contributed by atoms with van der Waals surface area (Å²) in [5.74, 6) is -0.363. The molecule has 0 bridgehead atoms. The Kier molecular flexibility index (Phi) is 36.7. The van der Waals surface area contributed by atoms with E-state index in [0.717, 1.165) is 27.7 Å². The molecule has 6 heterocycles. The van der Waals surface area contributed by atoms with Gasteiger partial charge in [0, 0.05) is 62.9 Å². The Balaban J connectivity index is -0.000000417. The van der Waals surface area contributed by atoms with Crippen LogP contribution in [0.15, 0.2) is 41.4 Å². The second-order valence-corrected chi connectivity index (χ2v) is 14.1. The van der Waals surface area contributed by atoms with Crippen LogP contribution >= 0.6 is 22.6 Å². The standard InChI is InChI=1S/2C11H17N4O4.C10H14N4O4.C2H3O2.C2H4O2.CH3I.CH4O.2Ag.HI/c2*1-12-6-15(4-7(17)5-16)8-9(12)13(2)11(19)14(3)10(8)18;1-12-8-7(9(17)13(2)10(12)18)14(5-11-8)3-6(16)4-15;1-4-2-3;1-2(3)4;2*1-2;;;/h2*6-7,16-17H,4-5H2,1-3H3;5-6,15-16H,3-4H2,1-2H3;1H3;1H3,(H,3,4);1H3;2H,1H3;;;1H/q-1;+1;;-1;;;;2*+1;/p-1. The van der Waals surface area contributed by atoms with Crippen LogP contribution in [0.3, 0.4) is 0 Å². The fraction of sp³-hybridized carbons (Fsp3) is 0.553. The van der Waals surface area contributed by atoms with Crippen LogP contribution in [-0.2, 0) is 122 Å². The summed E-state index contributed by atoms with van der Waals surface area (Å²) in [5, 5.41) is 69.4. The molecule has 8 N–H and O–H groups in total. The topological polar surface area (TPSA) is 370 Å². The van der Waals surface area contributed by atoms with E-state index in [9.17, 15) is 44.1 Å². The van der Waals surface area contributed by atoms with Crippen molar-refractivity contribution in [1.82, 2.24) is 41.5 Å². The number of halogens is 2. The second-order valence-electron chi connectivity index (χ2n) is 14.1. The number of rotatable bonds is 10. The molecule has 71 heavy (non-hydrogen) atoms. The number of carboxylic acid groups (broad SMARTS) is 1. The molecular weight excluding hydrogens is 1370 g/mol. The molecule has 0 saturated heterocycles. The van der Waals surface area contributed by atoms with Gasteiger partial charge in [0.25, 0.3) is 22.7 Å². The van der Waals surface area contributed by atoms with Gasteiger partial charge in [-0.05, 0) is 12.0 Å². The van der Waals surface area contributed by atoms with Crippen molar-refractivity contribution in [3.05, 3.63) is 81.8 Å². The number of fused-ring (bicyclic) bond motifs is 3. The molecule has 3 unspecified atom stereocenters. The quantitative estimate of drug-likeness (QED) is 0.0212. The van der Waals surface area contributed by atoms with Gasteiger partial charge in [-0.2, -0.15) is 6.67 Å². The summed E-state index contributed by atoms with van der Waals surface area (Å²) >= 11 is 2.15. The molecule has 5 aromatic rings. The van der Waals surface area contributed by atoms with E-state index in [1.54, 1.807) is 50.7 Å². The summed E-state index contributed by atoms with van der Waals surface area (Å²) < 4.78 is 15.4. The average Bonchev–Trinajstić information content (AvgIpc) is 4.00.